The third-order valence-corrected chi connectivity index (χ3v) is 4.33. The number of rotatable bonds is 5. The number of aldehydes is 1. The molecule has 0 radical (unpaired) electrons. The predicted molar refractivity (Wildman–Crippen MR) is 75.9 cm³/mol. The molecular formula is C16H25NO2. The Bertz CT molecular complexity index is 416. The van der Waals surface area contributed by atoms with Crippen molar-refractivity contribution in [2.24, 2.45) is 11.3 Å². The van der Waals surface area contributed by atoms with Crippen LogP contribution in [-0.2, 0) is 11.3 Å². The zero-order chi connectivity index (χ0) is 13.9. The van der Waals surface area contributed by atoms with Crippen molar-refractivity contribution in [3.63, 3.8) is 0 Å². The second kappa shape index (κ2) is 5.91. The van der Waals surface area contributed by atoms with Crippen LogP contribution in [0.4, 0.5) is 0 Å². The molecule has 0 unspecified atom stereocenters. The van der Waals surface area contributed by atoms with E-state index in [0.717, 1.165) is 43.4 Å². The molecule has 0 aliphatic heterocycles. The Morgan fingerprint density at radius 1 is 1.42 bits per heavy atom. The van der Waals surface area contributed by atoms with Gasteiger partial charge in [0.1, 0.15) is 17.8 Å². The standard InChI is InChI=1S/C16H25NO2/c1-13-6-8-16(12-18,9-7-13)11-17(3)10-15-5-4-14(2)19-15/h4-5,12-13H,6-11H2,1-3H3. The highest BCUT2D eigenvalue weighted by atomic mass is 16.3. The Morgan fingerprint density at radius 2 is 2.11 bits per heavy atom. The summed E-state index contributed by atoms with van der Waals surface area (Å²) in [7, 11) is 2.07. The predicted octanol–water partition coefficient (Wildman–Crippen LogP) is 3.42. The van der Waals surface area contributed by atoms with Crippen LogP contribution in [0.25, 0.3) is 0 Å². The van der Waals surface area contributed by atoms with Gasteiger partial charge in [-0.2, -0.15) is 0 Å². The Balaban J connectivity index is 1.92. The van der Waals surface area contributed by atoms with Crippen LogP contribution in [0.5, 0.6) is 0 Å². The van der Waals surface area contributed by atoms with Crippen molar-refractivity contribution >= 4 is 6.29 Å². The van der Waals surface area contributed by atoms with Gasteiger partial charge in [0, 0.05) is 12.0 Å². The van der Waals surface area contributed by atoms with Crippen molar-refractivity contribution in [3.05, 3.63) is 23.7 Å². The van der Waals surface area contributed by atoms with Gasteiger partial charge in [-0.25, -0.2) is 0 Å². The fourth-order valence-corrected chi connectivity index (χ4v) is 3.08. The molecule has 106 valence electrons. The number of aryl methyl sites for hydroxylation is 1. The molecule has 1 aromatic heterocycles. The van der Waals surface area contributed by atoms with Gasteiger partial charge in [0.25, 0.3) is 0 Å². The first-order valence-electron chi connectivity index (χ1n) is 7.23. The summed E-state index contributed by atoms with van der Waals surface area (Å²) in [5.41, 5.74) is -0.136. The summed E-state index contributed by atoms with van der Waals surface area (Å²) in [4.78, 5) is 13.7. The second-order valence-electron chi connectivity index (χ2n) is 6.35. The number of furan rings is 1. The van der Waals surface area contributed by atoms with Crippen molar-refractivity contribution < 1.29 is 9.21 Å². The molecule has 0 bridgehead atoms. The number of carbonyl (C=O) groups is 1. The summed E-state index contributed by atoms with van der Waals surface area (Å²) in [6.45, 7) is 5.85. The Labute approximate surface area is 116 Å². The van der Waals surface area contributed by atoms with Gasteiger partial charge in [-0.15, -0.1) is 0 Å². The summed E-state index contributed by atoms with van der Waals surface area (Å²) in [6, 6.07) is 4.00. The highest BCUT2D eigenvalue weighted by molar-refractivity contribution is 5.60. The third kappa shape index (κ3) is 3.69. The van der Waals surface area contributed by atoms with E-state index in [4.69, 9.17) is 4.42 Å². The number of nitrogens with zero attached hydrogens (tertiary/aromatic N) is 1. The van der Waals surface area contributed by atoms with Crippen LogP contribution in [-0.4, -0.2) is 24.8 Å². The molecule has 3 nitrogen and oxygen atoms in total. The molecule has 0 N–H and O–H groups in total. The minimum atomic E-state index is -0.136. The van der Waals surface area contributed by atoms with Gasteiger partial charge >= 0.3 is 0 Å². The summed E-state index contributed by atoms with van der Waals surface area (Å²) in [5, 5.41) is 0. The molecule has 0 amide bonds. The smallest absolute Gasteiger partial charge is 0.127 e. The Hall–Kier alpha value is -1.09. The summed E-state index contributed by atoms with van der Waals surface area (Å²) in [5.74, 6) is 2.69. The summed E-state index contributed by atoms with van der Waals surface area (Å²) < 4.78 is 5.60. The molecule has 0 saturated heterocycles. The van der Waals surface area contributed by atoms with E-state index in [1.807, 2.05) is 19.1 Å². The molecule has 1 aliphatic rings. The van der Waals surface area contributed by atoms with E-state index in [1.54, 1.807) is 0 Å². The van der Waals surface area contributed by atoms with Crippen LogP contribution in [0.3, 0.4) is 0 Å². The van der Waals surface area contributed by atoms with E-state index in [1.165, 1.54) is 19.1 Å². The maximum absolute atomic E-state index is 11.5. The lowest BCUT2D eigenvalue weighted by molar-refractivity contribution is -0.119. The minimum Gasteiger partial charge on any atom is -0.465 e. The zero-order valence-corrected chi connectivity index (χ0v) is 12.3. The van der Waals surface area contributed by atoms with Crippen molar-refractivity contribution in [1.82, 2.24) is 4.90 Å². The van der Waals surface area contributed by atoms with Crippen LogP contribution in [0.15, 0.2) is 16.5 Å². The molecule has 3 heteroatoms. The lowest BCUT2D eigenvalue weighted by Gasteiger charge is -2.37. The molecule has 19 heavy (non-hydrogen) atoms. The Morgan fingerprint density at radius 3 is 2.63 bits per heavy atom. The first-order chi connectivity index (χ1) is 9.03. The zero-order valence-electron chi connectivity index (χ0n) is 12.3. The Kier molecular flexibility index (Phi) is 4.46. The molecule has 1 fully saturated rings. The van der Waals surface area contributed by atoms with E-state index in [0.29, 0.717) is 0 Å². The topological polar surface area (TPSA) is 33.5 Å². The summed E-state index contributed by atoms with van der Waals surface area (Å²) in [6.07, 6.45) is 5.60. The molecule has 2 rings (SSSR count). The fraction of sp³-hybridized carbons (Fsp3) is 0.688. The lowest BCUT2D eigenvalue weighted by Crippen LogP contribution is -2.39. The van der Waals surface area contributed by atoms with Crippen LogP contribution in [0, 0.1) is 18.3 Å². The van der Waals surface area contributed by atoms with Crippen molar-refractivity contribution in [3.8, 4) is 0 Å². The quantitative estimate of drug-likeness (QED) is 0.763. The number of hydrogen-bond acceptors (Lipinski definition) is 3. The van der Waals surface area contributed by atoms with Gasteiger partial charge in [0.05, 0.1) is 6.54 Å². The number of carbonyl (C=O) groups excluding carboxylic acids is 1. The minimum absolute atomic E-state index is 0.136. The molecule has 1 aromatic rings. The van der Waals surface area contributed by atoms with Crippen LogP contribution in [0.1, 0.15) is 44.1 Å². The third-order valence-electron chi connectivity index (χ3n) is 4.33. The van der Waals surface area contributed by atoms with Crippen molar-refractivity contribution in [2.75, 3.05) is 13.6 Å². The molecule has 1 aliphatic carbocycles. The molecule has 1 saturated carbocycles. The molecule has 0 atom stereocenters. The fourth-order valence-electron chi connectivity index (χ4n) is 3.08. The van der Waals surface area contributed by atoms with Gasteiger partial charge in [-0.1, -0.05) is 6.92 Å². The highest BCUT2D eigenvalue weighted by Crippen LogP contribution is 2.37. The molecular weight excluding hydrogens is 238 g/mol. The highest BCUT2D eigenvalue weighted by Gasteiger charge is 2.35. The molecule has 0 aromatic carbocycles. The number of hydrogen-bond donors (Lipinski definition) is 0. The average Bonchev–Trinajstić information content (AvgIpc) is 2.78. The van der Waals surface area contributed by atoms with Gasteiger partial charge in [-0.05, 0) is 57.7 Å². The monoisotopic (exact) mass is 263 g/mol. The second-order valence-corrected chi connectivity index (χ2v) is 6.35. The first kappa shape index (κ1) is 14.3. The van der Waals surface area contributed by atoms with Crippen molar-refractivity contribution in [1.29, 1.82) is 0 Å². The van der Waals surface area contributed by atoms with Gasteiger partial charge < -0.3 is 9.21 Å². The van der Waals surface area contributed by atoms with Crippen LogP contribution >= 0.6 is 0 Å². The van der Waals surface area contributed by atoms with E-state index < -0.39 is 0 Å². The van der Waals surface area contributed by atoms with E-state index in [2.05, 4.69) is 18.9 Å². The first-order valence-corrected chi connectivity index (χ1v) is 7.23. The van der Waals surface area contributed by atoms with Gasteiger partial charge in [0.15, 0.2) is 0 Å². The van der Waals surface area contributed by atoms with E-state index in [9.17, 15) is 4.79 Å². The largest absolute Gasteiger partial charge is 0.465 e. The SMILES string of the molecule is Cc1ccc(CN(C)CC2(C=O)CCC(C)CC2)o1. The maximum atomic E-state index is 11.5. The lowest BCUT2D eigenvalue weighted by atomic mass is 9.71. The van der Waals surface area contributed by atoms with Gasteiger partial charge in [-0.3, -0.25) is 4.90 Å². The van der Waals surface area contributed by atoms with Crippen LogP contribution in [0.2, 0.25) is 0 Å². The molecule has 1 heterocycles. The normalized spacial score (nSPS) is 27.7. The average molecular weight is 263 g/mol. The van der Waals surface area contributed by atoms with Crippen LogP contribution < -0.4 is 0 Å². The van der Waals surface area contributed by atoms with E-state index >= 15 is 0 Å². The summed E-state index contributed by atoms with van der Waals surface area (Å²) >= 11 is 0. The van der Waals surface area contributed by atoms with E-state index in [-0.39, 0.29) is 5.41 Å². The maximum Gasteiger partial charge on any atom is 0.127 e. The van der Waals surface area contributed by atoms with Gasteiger partial charge in [0.2, 0.25) is 0 Å². The van der Waals surface area contributed by atoms with Crippen molar-refractivity contribution in [2.45, 2.75) is 46.1 Å². The molecule has 0 spiro atoms.